The molecule has 0 radical (unpaired) electrons. The highest BCUT2D eigenvalue weighted by atomic mass is 32.2. The zero-order chi connectivity index (χ0) is 19.1. The van der Waals surface area contributed by atoms with Crippen molar-refractivity contribution in [3.63, 3.8) is 0 Å². The van der Waals surface area contributed by atoms with E-state index < -0.39 is 0 Å². The third-order valence-electron chi connectivity index (χ3n) is 4.75. The van der Waals surface area contributed by atoms with Gasteiger partial charge in [0.25, 0.3) is 0 Å². The average Bonchev–Trinajstić information content (AvgIpc) is 3.18. The van der Waals surface area contributed by atoms with Crippen LogP contribution < -0.4 is 10.1 Å². The number of thioether (sulfide) groups is 1. The monoisotopic (exact) mass is 385 g/mol. The van der Waals surface area contributed by atoms with Gasteiger partial charge in [-0.15, -0.1) is 11.8 Å². The summed E-state index contributed by atoms with van der Waals surface area (Å²) in [7, 11) is 3.43. The average molecular weight is 386 g/mol. The second-order valence-corrected chi connectivity index (χ2v) is 7.71. The molecule has 1 fully saturated rings. The molecule has 1 aliphatic heterocycles. The number of ether oxygens (including phenoxy) is 1. The zero-order valence-corrected chi connectivity index (χ0v) is 16.7. The van der Waals surface area contributed by atoms with Crippen LogP contribution in [0.3, 0.4) is 0 Å². The van der Waals surface area contributed by atoms with Crippen LogP contribution in [0, 0.1) is 5.92 Å². The molecule has 1 heterocycles. The molecule has 1 atom stereocenters. The van der Waals surface area contributed by atoms with Crippen LogP contribution in [-0.2, 0) is 6.54 Å². The molecule has 144 valence electrons. The molecule has 2 aromatic carbocycles. The minimum Gasteiger partial charge on any atom is -0.508 e. The van der Waals surface area contributed by atoms with Gasteiger partial charge in [-0.2, -0.15) is 0 Å². The molecular formula is C21H27N3O2S. The van der Waals surface area contributed by atoms with E-state index in [1.807, 2.05) is 17.8 Å². The predicted molar refractivity (Wildman–Crippen MR) is 112 cm³/mol. The third-order valence-corrected chi connectivity index (χ3v) is 5.99. The van der Waals surface area contributed by atoms with Crippen molar-refractivity contribution in [1.29, 1.82) is 0 Å². The van der Waals surface area contributed by atoms with Gasteiger partial charge in [-0.1, -0.05) is 18.2 Å². The Morgan fingerprint density at radius 1 is 1.30 bits per heavy atom. The van der Waals surface area contributed by atoms with Gasteiger partial charge in [-0.3, -0.25) is 4.99 Å². The molecule has 27 heavy (non-hydrogen) atoms. The van der Waals surface area contributed by atoms with E-state index in [-0.39, 0.29) is 5.75 Å². The fourth-order valence-electron chi connectivity index (χ4n) is 3.23. The summed E-state index contributed by atoms with van der Waals surface area (Å²) in [4.78, 5) is 8.05. The van der Waals surface area contributed by atoms with Crippen molar-refractivity contribution in [2.75, 3.05) is 33.0 Å². The first kappa shape index (κ1) is 19.4. The lowest BCUT2D eigenvalue weighted by Gasteiger charge is -2.22. The fraction of sp³-hybridized carbons (Fsp3) is 0.381. The molecule has 1 aliphatic rings. The summed E-state index contributed by atoms with van der Waals surface area (Å²) in [5, 5.41) is 13.4. The molecule has 2 aromatic rings. The first-order chi connectivity index (χ1) is 13.2. The number of aliphatic imine (C=N–C) groups is 1. The van der Waals surface area contributed by atoms with Crippen LogP contribution in [0.1, 0.15) is 12.0 Å². The summed E-state index contributed by atoms with van der Waals surface area (Å²) < 4.78 is 5.24. The van der Waals surface area contributed by atoms with E-state index in [9.17, 15) is 5.11 Å². The molecular weight excluding hydrogens is 358 g/mol. The number of hydrogen-bond donors (Lipinski definition) is 2. The van der Waals surface area contributed by atoms with Crippen molar-refractivity contribution >= 4 is 17.7 Å². The molecule has 0 spiro atoms. The van der Waals surface area contributed by atoms with Gasteiger partial charge in [0.2, 0.25) is 0 Å². The lowest BCUT2D eigenvalue weighted by molar-refractivity contribution is 0.410. The molecule has 5 nitrogen and oxygen atoms in total. The first-order valence-electron chi connectivity index (χ1n) is 9.19. The van der Waals surface area contributed by atoms with Crippen molar-refractivity contribution in [2.45, 2.75) is 17.9 Å². The lowest BCUT2D eigenvalue weighted by atomic mass is 10.2. The number of hydrogen-bond acceptors (Lipinski definition) is 4. The van der Waals surface area contributed by atoms with Gasteiger partial charge in [0.1, 0.15) is 11.5 Å². The minimum atomic E-state index is 0.261. The number of phenolic OH excluding ortho intramolecular Hbond substituents is 1. The summed E-state index contributed by atoms with van der Waals surface area (Å²) in [6.45, 7) is 2.52. The number of benzene rings is 2. The zero-order valence-electron chi connectivity index (χ0n) is 15.9. The van der Waals surface area contributed by atoms with Gasteiger partial charge in [0.15, 0.2) is 5.96 Å². The Labute approximate surface area is 165 Å². The number of nitrogens with zero attached hydrogens (tertiary/aromatic N) is 2. The number of aromatic hydroxyl groups is 1. The van der Waals surface area contributed by atoms with Gasteiger partial charge in [-0.25, -0.2) is 0 Å². The molecule has 0 amide bonds. The molecule has 1 saturated heterocycles. The highest BCUT2D eigenvalue weighted by Crippen LogP contribution is 2.26. The molecule has 0 aliphatic carbocycles. The Kier molecular flexibility index (Phi) is 6.87. The van der Waals surface area contributed by atoms with Gasteiger partial charge in [0.05, 0.1) is 7.11 Å². The lowest BCUT2D eigenvalue weighted by Crippen LogP contribution is -2.39. The van der Waals surface area contributed by atoms with E-state index in [1.54, 1.807) is 26.3 Å². The Bertz CT molecular complexity index is 767. The van der Waals surface area contributed by atoms with E-state index in [0.29, 0.717) is 12.5 Å². The summed E-state index contributed by atoms with van der Waals surface area (Å²) in [5.74, 6) is 3.65. The van der Waals surface area contributed by atoms with Gasteiger partial charge < -0.3 is 20.1 Å². The number of likely N-dealkylation sites (tertiary alicyclic amines) is 1. The Morgan fingerprint density at radius 2 is 2.11 bits per heavy atom. The van der Waals surface area contributed by atoms with Crippen molar-refractivity contribution in [3.8, 4) is 11.5 Å². The number of phenols is 1. The molecule has 1 unspecified atom stereocenters. The van der Waals surface area contributed by atoms with Gasteiger partial charge in [0, 0.05) is 42.9 Å². The van der Waals surface area contributed by atoms with Gasteiger partial charge >= 0.3 is 0 Å². The highest BCUT2D eigenvalue weighted by Gasteiger charge is 2.25. The van der Waals surface area contributed by atoms with Crippen molar-refractivity contribution in [1.82, 2.24) is 10.2 Å². The number of rotatable bonds is 6. The number of methoxy groups -OCH3 is 1. The standard InChI is InChI=1S/C21H27N3O2S/c1-22-21(23-13-17-12-18(26-2)8-9-20(17)25)24-11-10-16(14-24)15-27-19-6-4-3-5-7-19/h3-9,12,16,25H,10-11,13-15H2,1-2H3,(H,22,23). The van der Waals surface area contributed by atoms with Crippen LogP contribution in [0.15, 0.2) is 58.4 Å². The van der Waals surface area contributed by atoms with E-state index in [4.69, 9.17) is 4.74 Å². The largest absolute Gasteiger partial charge is 0.508 e. The van der Waals surface area contributed by atoms with Gasteiger partial charge in [-0.05, 0) is 42.7 Å². The quantitative estimate of drug-likeness (QED) is 0.452. The molecule has 2 N–H and O–H groups in total. The maximum absolute atomic E-state index is 10.0. The number of guanidine groups is 1. The van der Waals surface area contributed by atoms with Crippen LogP contribution in [0.2, 0.25) is 0 Å². The van der Waals surface area contributed by atoms with E-state index in [0.717, 1.165) is 36.1 Å². The fourth-order valence-corrected chi connectivity index (χ4v) is 4.28. The maximum atomic E-state index is 10.0. The maximum Gasteiger partial charge on any atom is 0.193 e. The predicted octanol–water partition coefficient (Wildman–Crippen LogP) is 3.59. The molecule has 0 bridgehead atoms. The van der Waals surface area contributed by atoms with E-state index in [1.165, 1.54) is 11.3 Å². The normalized spacial score (nSPS) is 17.2. The Hall–Kier alpha value is -2.34. The van der Waals surface area contributed by atoms with E-state index in [2.05, 4.69) is 45.5 Å². The SMILES string of the molecule is CN=C(NCc1cc(OC)ccc1O)N1CCC(CSc2ccccc2)C1. The van der Waals surface area contributed by atoms with E-state index >= 15 is 0 Å². The van der Waals surface area contributed by atoms with Crippen LogP contribution >= 0.6 is 11.8 Å². The first-order valence-corrected chi connectivity index (χ1v) is 10.2. The second-order valence-electron chi connectivity index (χ2n) is 6.62. The summed E-state index contributed by atoms with van der Waals surface area (Å²) in [6, 6.07) is 15.8. The number of nitrogens with one attached hydrogen (secondary N) is 1. The third kappa shape index (κ3) is 5.32. The van der Waals surface area contributed by atoms with Crippen molar-refractivity contribution in [2.24, 2.45) is 10.9 Å². The highest BCUT2D eigenvalue weighted by molar-refractivity contribution is 7.99. The molecule has 0 aromatic heterocycles. The van der Waals surface area contributed by atoms with Crippen molar-refractivity contribution in [3.05, 3.63) is 54.1 Å². The molecule has 0 saturated carbocycles. The summed E-state index contributed by atoms with van der Waals surface area (Å²) >= 11 is 1.92. The second kappa shape index (κ2) is 9.55. The summed E-state index contributed by atoms with van der Waals surface area (Å²) in [5.41, 5.74) is 0.797. The van der Waals surface area contributed by atoms with Crippen LogP contribution in [0.4, 0.5) is 0 Å². The minimum absolute atomic E-state index is 0.261. The smallest absolute Gasteiger partial charge is 0.193 e. The Morgan fingerprint density at radius 3 is 2.85 bits per heavy atom. The molecule has 6 heteroatoms. The Balaban J connectivity index is 1.51. The van der Waals surface area contributed by atoms with Crippen LogP contribution in [0.5, 0.6) is 11.5 Å². The topological polar surface area (TPSA) is 57.1 Å². The van der Waals surface area contributed by atoms with Crippen LogP contribution in [0.25, 0.3) is 0 Å². The molecule has 3 rings (SSSR count). The van der Waals surface area contributed by atoms with Crippen LogP contribution in [-0.4, -0.2) is 49.0 Å². The summed E-state index contributed by atoms with van der Waals surface area (Å²) in [6.07, 6.45) is 1.17. The van der Waals surface area contributed by atoms with Crippen molar-refractivity contribution < 1.29 is 9.84 Å².